The molecule has 4 atom stereocenters. The summed E-state index contributed by atoms with van der Waals surface area (Å²) in [7, 11) is 0. The minimum Gasteiger partial charge on any atom is -0.462 e. The standard InChI is InChI=1S/C23H32O3/c1-5-19(21(24)14-12-18-9-7-6-8-10-18)23(25)26-22-15-17(4)11-13-20(22)16(2)3/h6-10,12,14,16-17,19-20,22H,5,11,13,15H2,1-4H3/b14-12+/t17-,19+,20-,22-/m1/s1. The fourth-order valence-corrected chi connectivity index (χ4v) is 3.82. The van der Waals surface area contributed by atoms with E-state index in [-0.39, 0.29) is 17.9 Å². The van der Waals surface area contributed by atoms with Crippen LogP contribution in [0.3, 0.4) is 0 Å². The third kappa shape index (κ3) is 5.55. The molecule has 0 saturated heterocycles. The molecule has 26 heavy (non-hydrogen) atoms. The Morgan fingerprint density at radius 1 is 1.19 bits per heavy atom. The fraction of sp³-hybridized carbons (Fsp3) is 0.565. The van der Waals surface area contributed by atoms with Crippen LogP contribution in [0.15, 0.2) is 36.4 Å². The second kappa shape index (κ2) is 9.70. The van der Waals surface area contributed by atoms with Gasteiger partial charge < -0.3 is 4.74 Å². The highest BCUT2D eigenvalue weighted by Crippen LogP contribution is 2.35. The number of carbonyl (C=O) groups excluding carboxylic acids is 2. The van der Waals surface area contributed by atoms with Crippen LogP contribution in [-0.2, 0) is 14.3 Å². The lowest BCUT2D eigenvalue weighted by atomic mass is 9.75. The Kier molecular flexibility index (Phi) is 7.62. The van der Waals surface area contributed by atoms with Crippen molar-refractivity contribution in [1.82, 2.24) is 0 Å². The highest BCUT2D eigenvalue weighted by molar-refractivity contribution is 6.06. The van der Waals surface area contributed by atoms with Crippen molar-refractivity contribution < 1.29 is 14.3 Å². The van der Waals surface area contributed by atoms with Crippen LogP contribution in [0.1, 0.15) is 58.9 Å². The second-order valence-corrected chi connectivity index (χ2v) is 7.91. The van der Waals surface area contributed by atoms with Gasteiger partial charge in [-0.15, -0.1) is 0 Å². The summed E-state index contributed by atoms with van der Waals surface area (Å²) in [4.78, 5) is 25.2. The van der Waals surface area contributed by atoms with Crippen molar-refractivity contribution in [2.75, 3.05) is 0 Å². The number of ether oxygens (including phenoxy) is 1. The average molecular weight is 357 g/mol. The smallest absolute Gasteiger partial charge is 0.317 e. The molecule has 0 N–H and O–H groups in total. The molecule has 3 heteroatoms. The third-order valence-electron chi connectivity index (χ3n) is 5.50. The van der Waals surface area contributed by atoms with E-state index < -0.39 is 5.92 Å². The van der Waals surface area contributed by atoms with Crippen LogP contribution in [0, 0.1) is 23.7 Å². The van der Waals surface area contributed by atoms with E-state index in [1.807, 2.05) is 37.3 Å². The minimum atomic E-state index is -0.708. The summed E-state index contributed by atoms with van der Waals surface area (Å²) in [6.07, 6.45) is 6.85. The van der Waals surface area contributed by atoms with Crippen LogP contribution in [0.5, 0.6) is 0 Å². The summed E-state index contributed by atoms with van der Waals surface area (Å²) in [5.74, 6) is 0.194. The van der Waals surface area contributed by atoms with E-state index in [0.717, 1.165) is 18.4 Å². The van der Waals surface area contributed by atoms with E-state index in [2.05, 4.69) is 20.8 Å². The van der Waals surface area contributed by atoms with Crippen molar-refractivity contribution in [2.24, 2.45) is 23.7 Å². The molecule has 142 valence electrons. The summed E-state index contributed by atoms with van der Waals surface area (Å²) in [6, 6.07) is 9.64. The second-order valence-electron chi connectivity index (χ2n) is 7.91. The Balaban J connectivity index is 2.02. The van der Waals surface area contributed by atoms with Gasteiger partial charge in [-0.3, -0.25) is 9.59 Å². The first-order valence-electron chi connectivity index (χ1n) is 9.89. The first-order valence-corrected chi connectivity index (χ1v) is 9.89. The van der Waals surface area contributed by atoms with E-state index in [9.17, 15) is 9.59 Å². The van der Waals surface area contributed by atoms with Gasteiger partial charge in [0, 0.05) is 0 Å². The normalized spacial score (nSPS) is 24.6. The number of hydrogen-bond acceptors (Lipinski definition) is 3. The van der Waals surface area contributed by atoms with Crippen LogP contribution < -0.4 is 0 Å². The van der Waals surface area contributed by atoms with E-state index in [1.54, 1.807) is 6.08 Å². The first-order chi connectivity index (χ1) is 12.4. The van der Waals surface area contributed by atoms with Gasteiger partial charge in [-0.1, -0.05) is 70.5 Å². The molecule has 0 heterocycles. The molecule has 1 aliphatic carbocycles. The van der Waals surface area contributed by atoms with Gasteiger partial charge in [0.15, 0.2) is 5.78 Å². The van der Waals surface area contributed by atoms with Crippen molar-refractivity contribution >= 4 is 17.8 Å². The van der Waals surface area contributed by atoms with Crippen molar-refractivity contribution in [1.29, 1.82) is 0 Å². The van der Waals surface area contributed by atoms with Crippen LogP contribution in [0.25, 0.3) is 6.08 Å². The van der Waals surface area contributed by atoms with Crippen molar-refractivity contribution in [2.45, 2.75) is 59.5 Å². The molecule has 1 saturated carbocycles. The number of carbonyl (C=O) groups is 2. The Bertz CT molecular complexity index is 618. The maximum Gasteiger partial charge on any atom is 0.317 e. The first kappa shape index (κ1) is 20.4. The highest BCUT2D eigenvalue weighted by atomic mass is 16.5. The van der Waals surface area contributed by atoms with Gasteiger partial charge in [0.1, 0.15) is 12.0 Å². The molecule has 0 amide bonds. The number of rotatable bonds is 7. The number of benzene rings is 1. The topological polar surface area (TPSA) is 43.4 Å². The lowest BCUT2D eigenvalue weighted by Gasteiger charge is -2.37. The van der Waals surface area contributed by atoms with Crippen LogP contribution in [-0.4, -0.2) is 17.9 Å². The number of esters is 1. The van der Waals surface area contributed by atoms with E-state index in [4.69, 9.17) is 4.74 Å². The van der Waals surface area contributed by atoms with Crippen LogP contribution in [0.4, 0.5) is 0 Å². The molecule has 1 aromatic carbocycles. The highest BCUT2D eigenvalue weighted by Gasteiger charge is 2.35. The maximum absolute atomic E-state index is 12.7. The molecule has 0 bridgehead atoms. The summed E-state index contributed by atoms with van der Waals surface area (Å²) in [5.41, 5.74) is 0.949. The van der Waals surface area contributed by atoms with Crippen molar-refractivity contribution in [3.05, 3.63) is 42.0 Å². The quantitative estimate of drug-likeness (QED) is 0.378. The molecular weight excluding hydrogens is 324 g/mol. The van der Waals surface area contributed by atoms with Gasteiger partial charge in [-0.25, -0.2) is 0 Å². The fourth-order valence-electron chi connectivity index (χ4n) is 3.82. The van der Waals surface area contributed by atoms with Crippen LogP contribution >= 0.6 is 0 Å². The monoisotopic (exact) mass is 356 g/mol. The lowest BCUT2D eigenvalue weighted by molar-refractivity contribution is -0.162. The molecule has 1 fully saturated rings. The van der Waals surface area contributed by atoms with E-state index in [1.165, 1.54) is 12.5 Å². The molecule has 0 unspecified atom stereocenters. The van der Waals surface area contributed by atoms with Gasteiger partial charge >= 0.3 is 5.97 Å². The predicted octanol–water partition coefficient (Wildman–Crippen LogP) is 5.30. The summed E-state index contributed by atoms with van der Waals surface area (Å²) < 4.78 is 5.87. The number of allylic oxidation sites excluding steroid dienone is 1. The number of ketones is 1. The summed E-state index contributed by atoms with van der Waals surface area (Å²) in [6.45, 7) is 8.45. The molecule has 0 aliphatic heterocycles. The Labute approximate surface area is 157 Å². The summed E-state index contributed by atoms with van der Waals surface area (Å²) in [5, 5.41) is 0. The van der Waals surface area contributed by atoms with Gasteiger partial charge in [0.05, 0.1) is 0 Å². The molecule has 2 rings (SSSR count). The zero-order valence-corrected chi connectivity index (χ0v) is 16.5. The molecule has 0 radical (unpaired) electrons. The van der Waals surface area contributed by atoms with Crippen LogP contribution in [0.2, 0.25) is 0 Å². The molecule has 0 spiro atoms. The summed E-state index contributed by atoms with van der Waals surface area (Å²) >= 11 is 0. The molecule has 1 aliphatic rings. The van der Waals surface area contributed by atoms with Crippen molar-refractivity contribution in [3.8, 4) is 0 Å². The van der Waals surface area contributed by atoms with E-state index >= 15 is 0 Å². The average Bonchev–Trinajstić information content (AvgIpc) is 2.61. The molecular formula is C23H32O3. The zero-order valence-electron chi connectivity index (χ0n) is 16.5. The van der Waals surface area contributed by atoms with E-state index in [0.29, 0.717) is 24.2 Å². The molecule has 0 aromatic heterocycles. The van der Waals surface area contributed by atoms with Gasteiger partial charge in [0.2, 0.25) is 0 Å². The lowest BCUT2D eigenvalue weighted by Crippen LogP contribution is -2.38. The Morgan fingerprint density at radius 2 is 1.88 bits per heavy atom. The largest absolute Gasteiger partial charge is 0.462 e. The maximum atomic E-state index is 12.7. The van der Waals surface area contributed by atoms with Gasteiger partial charge in [0.25, 0.3) is 0 Å². The SMILES string of the molecule is CC[C@@H](C(=O)/C=C/c1ccccc1)C(=O)O[C@@H]1C[C@H](C)CC[C@@H]1C(C)C. The van der Waals surface area contributed by atoms with Gasteiger partial charge in [-0.05, 0) is 48.7 Å². The Hall–Kier alpha value is -1.90. The number of hydrogen-bond donors (Lipinski definition) is 0. The Morgan fingerprint density at radius 3 is 2.50 bits per heavy atom. The van der Waals surface area contributed by atoms with Gasteiger partial charge in [-0.2, -0.15) is 0 Å². The zero-order chi connectivity index (χ0) is 19.1. The molecule has 3 nitrogen and oxygen atoms in total. The van der Waals surface area contributed by atoms with Crippen molar-refractivity contribution in [3.63, 3.8) is 0 Å². The predicted molar refractivity (Wildman–Crippen MR) is 105 cm³/mol. The third-order valence-corrected chi connectivity index (χ3v) is 5.50. The minimum absolute atomic E-state index is 0.0637. The molecule has 1 aromatic rings.